The predicted octanol–water partition coefficient (Wildman–Crippen LogP) is 3.81. The van der Waals surface area contributed by atoms with Crippen LogP contribution in [0.4, 0.5) is 4.39 Å². The molecule has 0 aliphatic heterocycles. The zero-order chi connectivity index (χ0) is 15.2. The molecule has 2 aromatic carbocycles. The number of carbonyl (C=O) groups excluding carboxylic acids is 1. The highest BCUT2D eigenvalue weighted by molar-refractivity contribution is 5.79. The lowest BCUT2D eigenvalue weighted by molar-refractivity contribution is -0.121. The van der Waals surface area contributed by atoms with Crippen molar-refractivity contribution in [3.8, 4) is 0 Å². The van der Waals surface area contributed by atoms with E-state index in [2.05, 4.69) is 12.2 Å². The molecule has 1 amide bonds. The quantitative estimate of drug-likeness (QED) is 0.889. The number of aryl methyl sites for hydroxylation is 1. The van der Waals surface area contributed by atoms with Crippen LogP contribution in [0.2, 0.25) is 0 Å². The van der Waals surface area contributed by atoms with Gasteiger partial charge in [0.1, 0.15) is 5.82 Å². The van der Waals surface area contributed by atoms with Gasteiger partial charge >= 0.3 is 0 Å². The monoisotopic (exact) mass is 285 g/mol. The number of benzene rings is 2. The first-order valence-corrected chi connectivity index (χ1v) is 7.21. The van der Waals surface area contributed by atoms with Gasteiger partial charge < -0.3 is 5.32 Å². The van der Waals surface area contributed by atoms with Crippen molar-refractivity contribution in [2.75, 3.05) is 0 Å². The van der Waals surface area contributed by atoms with Crippen molar-refractivity contribution in [2.45, 2.75) is 32.7 Å². The molecule has 2 aromatic rings. The van der Waals surface area contributed by atoms with Crippen LogP contribution in [-0.2, 0) is 17.6 Å². The van der Waals surface area contributed by atoms with Crippen molar-refractivity contribution in [1.82, 2.24) is 5.32 Å². The van der Waals surface area contributed by atoms with Gasteiger partial charge in [0.15, 0.2) is 0 Å². The molecule has 0 heterocycles. The summed E-state index contributed by atoms with van der Waals surface area (Å²) in [6.45, 7) is 4.00. The number of nitrogens with one attached hydrogen (secondary N) is 1. The summed E-state index contributed by atoms with van der Waals surface area (Å²) >= 11 is 0. The van der Waals surface area contributed by atoms with E-state index in [9.17, 15) is 9.18 Å². The first-order valence-electron chi connectivity index (χ1n) is 7.21. The lowest BCUT2D eigenvalue weighted by Crippen LogP contribution is -2.28. The summed E-state index contributed by atoms with van der Waals surface area (Å²) in [5.74, 6) is -0.302. The Balaban J connectivity index is 1.92. The molecule has 0 aromatic heterocycles. The summed E-state index contributed by atoms with van der Waals surface area (Å²) in [4.78, 5) is 12.0. The van der Waals surface area contributed by atoms with Gasteiger partial charge in [-0.1, -0.05) is 43.3 Å². The van der Waals surface area contributed by atoms with E-state index < -0.39 is 0 Å². The van der Waals surface area contributed by atoms with Crippen molar-refractivity contribution in [1.29, 1.82) is 0 Å². The van der Waals surface area contributed by atoms with Crippen LogP contribution in [-0.4, -0.2) is 5.91 Å². The van der Waals surface area contributed by atoms with E-state index in [1.54, 1.807) is 12.1 Å². The minimum atomic E-state index is -0.270. The predicted molar refractivity (Wildman–Crippen MR) is 82.5 cm³/mol. The van der Waals surface area contributed by atoms with Crippen LogP contribution in [0.15, 0.2) is 48.5 Å². The zero-order valence-corrected chi connectivity index (χ0v) is 12.4. The van der Waals surface area contributed by atoms with Gasteiger partial charge in [-0.25, -0.2) is 4.39 Å². The van der Waals surface area contributed by atoms with Gasteiger partial charge in [0, 0.05) is 0 Å². The van der Waals surface area contributed by atoms with Crippen LogP contribution in [0.25, 0.3) is 0 Å². The molecule has 0 fully saturated rings. The summed E-state index contributed by atoms with van der Waals surface area (Å²) in [6, 6.07) is 14.1. The smallest absolute Gasteiger partial charge is 0.224 e. The molecule has 1 N–H and O–H groups in total. The molecule has 0 unspecified atom stereocenters. The molecule has 0 saturated carbocycles. The lowest BCUT2D eigenvalue weighted by atomic mass is 10.1. The fourth-order valence-corrected chi connectivity index (χ4v) is 2.21. The maximum Gasteiger partial charge on any atom is 0.224 e. The van der Waals surface area contributed by atoms with Gasteiger partial charge in [0.2, 0.25) is 5.91 Å². The van der Waals surface area contributed by atoms with Crippen LogP contribution < -0.4 is 5.32 Å². The van der Waals surface area contributed by atoms with Gasteiger partial charge in [-0.2, -0.15) is 0 Å². The zero-order valence-electron chi connectivity index (χ0n) is 12.4. The average molecular weight is 285 g/mol. The van der Waals surface area contributed by atoms with Gasteiger partial charge in [-0.15, -0.1) is 0 Å². The van der Waals surface area contributed by atoms with Crippen LogP contribution in [0.3, 0.4) is 0 Å². The van der Waals surface area contributed by atoms with Crippen molar-refractivity contribution in [3.63, 3.8) is 0 Å². The Kier molecular flexibility index (Phi) is 5.09. The Morgan fingerprint density at radius 1 is 1.05 bits per heavy atom. The van der Waals surface area contributed by atoms with E-state index in [0.717, 1.165) is 17.5 Å². The van der Waals surface area contributed by atoms with Crippen molar-refractivity contribution in [3.05, 3.63) is 71.0 Å². The Hall–Kier alpha value is -2.16. The fraction of sp³-hybridized carbons (Fsp3) is 0.278. The number of rotatable bonds is 5. The van der Waals surface area contributed by atoms with Crippen LogP contribution >= 0.6 is 0 Å². The molecule has 21 heavy (non-hydrogen) atoms. The molecule has 3 heteroatoms. The average Bonchev–Trinajstić information content (AvgIpc) is 2.48. The fourth-order valence-electron chi connectivity index (χ4n) is 2.21. The molecule has 0 saturated heterocycles. The van der Waals surface area contributed by atoms with E-state index in [0.29, 0.717) is 6.42 Å². The summed E-state index contributed by atoms with van der Waals surface area (Å²) in [6.07, 6.45) is 1.35. The highest BCUT2D eigenvalue weighted by atomic mass is 19.1. The third kappa shape index (κ3) is 4.42. The SMILES string of the molecule is CCc1ccc(CC(=O)N[C@@H](C)c2ccc(F)cc2)cc1. The van der Waals surface area contributed by atoms with E-state index in [1.165, 1.54) is 17.7 Å². The van der Waals surface area contributed by atoms with E-state index >= 15 is 0 Å². The summed E-state index contributed by atoms with van der Waals surface area (Å²) < 4.78 is 12.9. The number of hydrogen-bond acceptors (Lipinski definition) is 1. The minimum absolute atomic E-state index is 0.0314. The molecule has 0 radical (unpaired) electrons. The highest BCUT2D eigenvalue weighted by Crippen LogP contribution is 2.13. The van der Waals surface area contributed by atoms with E-state index in [4.69, 9.17) is 0 Å². The maximum atomic E-state index is 12.9. The van der Waals surface area contributed by atoms with Crippen LogP contribution in [0.5, 0.6) is 0 Å². The Bertz CT molecular complexity index is 590. The third-order valence-electron chi connectivity index (χ3n) is 3.54. The van der Waals surface area contributed by atoms with Crippen molar-refractivity contribution >= 4 is 5.91 Å². The Labute approximate surface area is 125 Å². The summed E-state index contributed by atoms with van der Waals surface area (Å²) in [7, 11) is 0. The van der Waals surface area contributed by atoms with E-state index in [1.807, 2.05) is 31.2 Å². The first kappa shape index (κ1) is 15.2. The minimum Gasteiger partial charge on any atom is -0.349 e. The Morgan fingerprint density at radius 2 is 1.62 bits per heavy atom. The van der Waals surface area contributed by atoms with Gasteiger partial charge in [-0.3, -0.25) is 4.79 Å². The largest absolute Gasteiger partial charge is 0.349 e. The molecule has 0 spiro atoms. The second-order valence-corrected chi connectivity index (χ2v) is 5.19. The molecule has 0 aliphatic carbocycles. The molecule has 0 bridgehead atoms. The Morgan fingerprint density at radius 3 is 2.19 bits per heavy atom. The number of hydrogen-bond donors (Lipinski definition) is 1. The van der Waals surface area contributed by atoms with E-state index in [-0.39, 0.29) is 17.8 Å². The normalized spacial score (nSPS) is 12.0. The molecular formula is C18H20FNO. The molecule has 2 nitrogen and oxygen atoms in total. The van der Waals surface area contributed by atoms with Gasteiger partial charge in [0.25, 0.3) is 0 Å². The number of carbonyl (C=O) groups is 1. The maximum absolute atomic E-state index is 12.9. The standard InChI is InChI=1S/C18H20FNO/c1-3-14-4-6-15(7-5-14)12-18(21)20-13(2)16-8-10-17(19)11-9-16/h4-11,13H,3,12H2,1-2H3,(H,20,21)/t13-/m0/s1. The topological polar surface area (TPSA) is 29.1 Å². The third-order valence-corrected chi connectivity index (χ3v) is 3.54. The number of amides is 1. The summed E-state index contributed by atoms with van der Waals surface area (Å²) in [5.41, 5.74) is 3.15. The number of halogens is 1. The molecular weight excluding hydrogens is 265 g/mol. The molecule has 0 aliphatic rings. The lowest BCUT2D eigenvalue weighted by Gasteiger charge is -2.14. The van der Waals surface area contributed by atoms with Crippen LogP contribution in [0, 0.1) is 5.82 Å². The first-order chi connectivity index (χ1) is 10.1. The van der Waals surface area contributed by atoms with Gasteiger partial charge in [0.05, 0.1) is 12.5 Å². The molecule has 110 valence electrons. The second-order valence-electron chi connectivity index (χ2n) is 5.19. The van der Waals surface area contributed by atoms with Crippen LogP contribution in [0.1, 0.15) is 36.6 Å². The summed E-state index contributed by atoms with van der Waals surface area (Å²) in [5, 5.41) is 2.93. The highest BCUT2D eigenvalue weighted by Gasteiger charge is 2.10. The van der Waals surface area contributed by atoms with Gasteiger partial charge in [-0.05, 0) is 42.2 Å². The molecule has 2 rings (SSSR count). The molecule has 1 atom stereocenters. The van der Waals surface area contributed by atoms with Crippen molar-refractivity contribution in [2.24, 2.45) is 0 Å². The van der Waals surface area contributed by atoms with Crippen molar-refractivity contribution < 1.29 is 9.18 Å². The second kappa shape index (κ2) is 7.02.